The standard InChI is InChI=1S/C13H17N3/c1-10-3-5-12-11(9-10)4-6-13(15-12)16(2)8-7-14/h3-6,9H,7-8,14H2,1-2H3. The molecule has 16 heavy (non-hydrogen) atoms. The Morgan fingerprint density at radius 3 is 2.81 bits per heavy atom. The molecule has 0 aliphatic rings. The van der Waals surface area contributed by atoms with Crippen LogP contribution in [0.2, 0.25) is 0 Å². The van der Waals surface area contributed by atoms with E-state index < -0.39 is 0 Å². The van der Waals surface area contributed by atoms with Crippen LogP contribution in [0.25, 0.3) is 10.9 Å². The summed E-state index contributed by atoms with van der Waals surface area (Å²) in [7, 11) is 2.01. The number of aryl methyl sites for hydroxylation is 1. The van der Waals surface area contributed by atoms with Crippen molar-refractivity contribution < 1.29 is 0 Å². The molecule has 1 aromatic carbocycles. The van der Waals surface area contributed by atoms with Gasteiger partial charge in [0, 0.05) is 25.5 Å². The average molecular weight is 215 g/mol. The Bertz CT molecular complexity index is 494. The highest BCUT2D eigenvalue weighted by Crippen LogP contribution is 2.18. The molecule has 0 fully saturated rings. The minimum Gasteiger partial charge on any atom is -0.358 e. The van der Waals surface area contributed by atoms with Crippen molar-refractivity contribution in [2.75, 3.05) is 25.0 Å². The van der Waals surface area contributed by atoms with Gasteiger partial charge in [-0.15, -0.1) is 0 Å². The smallest absolute Gasteiger partial charge is 0.129 e. The average Bonchev–Trinajstić information content (AvgIpc) is 2.28. The predicted octanol–water partition coefficient (Wildman–Crippen LogP) is 1.94. The van der Waals surface area contributed by atoms with Crippen LogP contribution in [-0.4, -0.2) is 25.1 Å². The third kappa shape index (κ3) is 2.14. The summed E-state index contributed by atoms with van der Waals surface area (Å²) in [6, 6.07) is 10.4. The number of anilines is 1. The van der Waals surface area contributed by atoms with Crippen molar-refractivity contribution in [3.05, 3.63) is 35.9 Å². The summed E-state index contributed by atoms with van der Waals surface area (Å²) in [6.45, 7) is 3.56. The molecule has 0 unspecified atom stereocenters. The molecule has 0 radical (unpaired) electrons. The molecule has 0 spiro atoms. The van der Waals surface area contributed by atoms with Crippen LogP contribution in [0.15, 0.2) is 30.3 Å². The number of hydrogen-bond acceptors (Lipinski definition) is 3. The molecule has 0 aliphatic carbocycles. The maximum Gasteiger partial charge on any atom is 0.129 e. The van der Waals surface area contributed by atoms with Gasteiger partial charge in [0.1, 0.15) is 5.82 Å². The number of nitrogens with two attached hydrogens (primary N) is 1. The summed E-state index contributed by atoms with van der Waals surface area (Å²) < 4.78 is 0. The normalized spacial score (nSPS) is 10.7. The number of fused-ring (bicyclic) bond motifs is 1. The van der Waals surface area contributed by atoms with E-state index >= 15 is 0 Å². The van der Waals surface area contributed by atoms with Gasteiger partial charge in [-0.25, -0.2) is 4.98 Å². The maximum atomic E-state index is 5.53. The van der Waals surface area contributed by atoms with E-state index in [-0.39, 0.29) is 0 Å². The molecule has 2 N–H and O–H groups in total. The zero-order valence-electron chi connectivity index (χ0n) is 9.77. The maximum absolute atomic E-state index is 5.53. The molecule has 0 bridgehead atoms. The lowest BCUT2D eigenvalue weighted by atomic mass is 10.1. The summed E-state index contributed by atoms with van der Waals surface area (Å²) in [6.07, 6.45) is 0. The van der Waals surface area contributed by atoms with E-state index in [0.717, 1.165) is 17.9 Å². The van der Waals surface area contributed by atoms with Gasteiger partial charge in [0.15, 0.2) is 0 Å². The van der Waals surface area contributed by atoms with Crippen molar-refractivity contribution in [3.63, 3.8) is 0 Å². The summed E-state index contributed by atoms with van der Waals surface area (Å²) in [5.41, 5.74) is 7.83. The molecule has 2 aromatic rings. The Balaban J connectivity index is 2.40. The second-order valence-corrected chi connectivity index (χ2v) is 4.08. The third-order valence-corrected chi connectivity index (χ3v) is 2.69. The Hall–Kier alpha value is -1.61. The first-order valence-corrected chi connectivity index (χ1v) is 5.49. The lowest BCUT2D eigenvalue weighted by Crippen LogP contribution is -2.25. The van der Waals surface area contributed by atoms with Crippen LogP contribution in [0.4, 0.5) is 5.82 Å². The van der Waals surface area contributed by atoms with Gasteiger partial charge in [-0.2, -0.15) is 0 Å². The molecular weight excluding hydrogens is 198 g/mol. The molecule has 0 saturated heterocycles. The molecule has 0 amide bonds. The van der Waals surface area contributed by atoms with E-state index in [9.17, 15) is 0 Å². The number of benzene rings is 1. The second kappa shape index (κ2) is 4.49. The Morgan fingerprint density at radius 2 is 2.06 bits per heavy atom. The molecular formula is C13H17N3. The van der Waals surface area contributed by atoms with E-state index in [1.54, 1.807) is 0 Å². The van der Waals surface area contributed by atoms with E-state index in [2.05, 4.69) is 41.1 Å². The number of aromatic nitrogens is 1. The van der Waals surface area contributed by atoms with Gasteiger partial charge in [0.25, 0.3) is 0 Å². The minimum atomic E-state index is 0.643. The van der Waals surface area contributed by atoms with Crippen LogP contribution in [0.3, 0.4) is 0 Å². The third-order valence-electron chi connectivity index (χ3n) is 2.69. The van der Waals surface area contributed by atoms with Crippen LogP contribution in [0.5, 0.6) is 0 Å². The number of pyridine rings is 1. The van der Waals surface area contributed by atoms with Crippen LogP contribution in [0, 0.1) is 6.92 Å². The summed E-state index contributed by atoms with van der Waals surface area (Å²) >= 11 is 0. The topological polar surface area (TPSA) is 42.2 Å². The van der Waals surface area contributed by atoms with Gasteiger partial charge in [-0.1, -0.05) is 11.6 Å². The van der Waals surface area contributed by atoms with E-state index in [1.165, 1.54) is 10.9 Å². The largest absolute Gasteiger partial charge is 0.358 e. The highest BCUT2D eigenvalue weighted by molar-refractivity contribution is 5.81. The SMILES string of the molecule is Cc1ccc2nc(N(C)CCN)ccc2c1. The lowest BCUT2D eigenvalue weighted by Gasteiger charge is -2.17. The highest BCUT2D eigenvalue weighted by Gasteiger charge is 2.02. The Morgan fingerprint density at radius 1 is 1.25 bits per heavy atom. The fourth-order valence-corrected chi connectivity index (χ4v) is 1.76. The minimum absolute atomic E-state index is 0.643. The molecule has 1 aromatic heterocycles. The summed E-state index contributed by atoms with van der Waals surface area (Å²) in [5, 5.41) is 1.19. The first-order valence-electron chi connectivity index (χ1n) is 5.49. The molecule has 2 rings (SSSR count). The van der Waals surface area contributed by atoms with Crippen molar-refractivity contribution in [3.8, 4) is 0 Å². The summed E-state index contributed by atoms with van der Waals surface area (Å²) in [5.74, 6) is 0.974. The quantitative estimate of drug-likeness (QED) is 0.850. The van der Waals surface area contributed by atoms with Crippen molar-refractivity contribution in [2.45, 2.75) is 6.92 Å². The van der Waals surface area contributed by atoms with Gasteiger partial charge >= 0.3 is 0 Å². The molecule has 84 valence electrons. The van der Waals surface area contributed by atoms with E-state index in [1.807, 2.05) is 13.1 Å². The summed E-state index contributed by atoms with van der Waals surface area (Å²) in [4.78, 5) is 6.67. The fourth-order valence-electron chi connectivity index (χ4n) is 1.76. The van der Waals surface area contributed by atoms with Crippen molar-refractivity contribution in [1.82, 2.24) is 4.98 Å². The Labute approximate surface area is 95.9 Å². The van der Waals surface area contributed by atoms with Crippen molar-refractivity contribution >= 4 is 16.7 Å². The predicted molar refractivity (Wildman–Crippen MR) is 68.8 cm³/mol. The van der Waals surface area contributed by atoms with Crippen LogP contribution in [0.1, 0.15) is 5.56 Å². The molecule has 0 aliphatic heterocycles. The van der Waals surface area contributed by atoms with Crippen molar-refractivity contribution in [1.29, 1.82) is 0 Å². The van der Waals surface area contributed by atoms with E-state index in [0.29, 0.717) is 6.54 Å². The molecule has 1 heterocycles. The van der Waals surface area contributed by atoms with Gasteiger partial charge < -0.3 is 10.6 Å². The van der Waals surface area contributed by atoms with Crippen LogP contribution >= 0.6 is 0 Å². The van der Waals surface area contributed by atoms with Crippen molar-refractivity contribution in [2.24, 2.45) is 5.73 Å². The van der Waals surface area contributed by atoms with Gasteiger partial charge in [0.05, 0.1) is 5.52 Å². The Kier molecular flexibility index (Phi) is 3.06. The number of likely N-dealkylation sites (N-methyl/N-ethyl adjacent to an activating group) is 1. The molecule has 0 atom stereocenters. The first kappa shape index (κ1) is 10.9. The van der Waals surface area contributed by atoms with Crippen LogP contribution < -0.4 is 10.6 Å². The lowest BCUT2D eigenvalue weighted by molar-refractivity contribution is 0.872. The first-order chi connectivity index (χ1) is 7.70. The second-order valence-electron chi connectivity index (χ2n) is 4.08. The van der Waals surface area contributed by atoms with Crippen LogP contribution in [-0.2, 0) is 0 Å². The fraction of sp³-hybridized carbons (Fsp3) is 0.308. The molecule has 3 heteroatoms. The van der Waals surface area contributed by atoms with Gasteiger partial charge in [0.2, 0.25) is 0 Å². The zero-order valence-corrected chi connectivity index (χ0v) is 9.77. The number of hydrogen-bond donors (Lipinski definition) is 1. The van der Waals surface area contributed by atoms with Gasteiger partial charge in [-0.05, 0) is 31.2 Å². The zero-order chi connectivity index (χ0) is 11.5. The molecule has 3 nitrogen and oxygen atoms in total. The highest BCUT2D eigenvalue weighted by atomic mass is 15.2. The number of rotatable bonds is 3. The molecule has 0 saturated carbocycles. The number of nitrogens with zero attached hydrogens (tertiary/aromatic N) is 2. The monoisotopic (exact) mass is 215 g/mol. The van der Waals surface area contributed by atoms with E-state index in [4.69, 9.17) is 5.73 Å². The van der Waals surface area contributed by atoms with Gasteiger partial charge in [-0.3, -0.25) is 0 Å².